The van der Waals surface area contributed by atoms with Gasteiger partial charge in [-0.25, -0.2) is 4.39 Å². The summed E-state index contributed by atoms with van der Waals surface area (Å²) >= 11 is 0. The fourth-order valence-electron chi connectivity index (χ4n) is 1.56. The molecule has 0 aliphatic rings. The van der Waals surface area contributed by atoms with E-state index in [2.05, 4.69) is 5.10 Å². The minimum Gasteiger partial charge on any atom is -0.487 e. The summed E-state index contributed by atoms with van der Waals surface area (Å²) in [6, 6.07) is 6.01. The molecule has 0 aliphatic carbocycles. The van der Waals surface area contributed by atoms with Crippen LogP contribution in [0.3, 0.4) is 0 Å². The molecule has 2 aromatic rings. The highest BCUT2D eigenvalue weighted by Gasteiger charge is 2.07. The second-order valence-corrected chi connectivity index (χ2v) is 3.61. The van der Waals surface area contributed by atoms with Gasteiger partial charge < -0.3 is 10.5 Å². The standard InChI is InChI=1S/C12H14FN3O/c1-2-16-12(11(14)7-15-16)8-17-10-5-3-4-9(13)6-10/h3-7H,2,8,14H2,1H3. The molecule has 2 rings (SSSR count). The van der Waals surface area contributed by atoms with E-state index in [1.165, 1.54) is 12.1 Å². The zero-order valence-corrected chi connectivity index (χ0v) is 9.56. The van der Waals surface area contributed by atoms with Crippen LogP contribution in [0.2, 0.25) is 0 Å². The van der Waals surface area contributed by atoms with Gasteiger partial charge >= 0.3 is 0 Å². The Hall–Kier alpha value is -2.04. The molecule has 0 bridgehead atoms. The fourth-order valence-corrected chi connectivity index (χ4v) is 1.56. The van der Waals surface area contributed by atoms with Gasteiger partial charge in [0.25, 0.3) is 0 Å². The van der Waals surface area contributed by atoms with Crippen LogP contribution in [0.15, 0.2) is 30.5 Å². The lowest BCUT2D eigenvalue weighted by atomic mass is 10.3. The second-order valence-electron chi connectivity index (χ2n) is 3.61. The van der Waals surface area contributed by atoms with E-state index in [1.807, 2.05) is 6.92 Å². The number of aromatic nitrogens is 2. The number of hydrogen-bond donors (Lipinski definition) is 1. The number of halogens is 1. The van der Waals surface area contributed by atoms with Crippen molar-refractivity contribution in [3.05, 3.63) is 42.0 Å². The van der Waals surface area contributed by atoms with E-state index in [9.17, 15) is 4.39 Å². The summed E-state index contributed by atoms with van der Waals surface area (Å²) < 4.78 is 20.2. The maximum absolute atomic E-state index is 12.9. The lowest BCUT2D eigenvalue weighted by Gasteiger charge is -2.08. The van der Waals surface area contributed by atoms with E-state index >= 15 is 0 Å². The summed E-state index contributed by atoms with van der Waals surface area (Å²) in [5.74, 6) is 0.160. The summed E-state index contributed by atoms with van der Waals surface area (Å²) in [4.78, 5) is 0. The summed E-state index contributed by atoms with van der Waals surface area (Å²) in [6.45, 7) is 2.97. The predicted molar refractivity (Wildman–Crippen MR) is 63.0 cm³/mol. The number of rotatable bonds is 4. The molecule has 1 aromatic carbocycles. The molecule has 0 amide bonds. The predicted octanol–water partition coefficient (Wildman–Crippen LogP) is 2.20. The Morgan fingerprint density at radius 1 is 1.47 bits per heavy atom. The first-order valence-corrected chi connectivity index (χ1v) is 5.39. The molecule has 0 saturated heterocycles. The highest BCUT2D eigenvalue weighted by atomic mass is 19.1. The minimum absolute atomic E-state index is 0.281. The summed E-state index contributed by atoms with van der Waals surface area (Å²) in [7, 11) is 0. The SMILES string of the molecule is CCn1ncc(N)c1COc1cccc(F)c1. The van der Waals surface area contributed by atoms with Crippen molar-refractivity contribution in [1.82, 2.24) is 9.78 Å². The third-order valence-electron chi connectivity index (χ3n) is 2.45. The van der Waals surface area contributed by atoms with Crippen LogP contribution in [0.25, 0.3) is 0 Å². The normalized spacial score (nSPS) is 10.5. The molecule has 1 aromatic heterocycles. The molecule has 0 saturated carbocycles. The van der Waals surface area contributed by atoms with Gasteiger partial charge in [-0.2, -0.15) is 5.10 Å². The molecular formula is C12H14FN3O. The number of hydrogen-bond acceptors (Lipinski definition) is 3. The average molecular weight is 235 g/mol. The number of nitrogen functional groups attached to an aromatic ring is 1. The molecular weight excluding hydrogens is 221 g/mol. The van der Waals surface area contributed by atoms with E-state index in [0.29, 0.717) is 11.4 Å². The van der Waals surface area contributed by atoms with Gasteiger partial charge in [0.2, 0.25) is 0 Å². The van der Waals surface area contributed by atoms with Gasteiger partial charge in [-0.3, -0.25) is 4.68 Å². The van der Waals surface area contributed by atoms with Crippen molar-refractivity contribution in [2.45, 2.75) is 20.1 Å². The summed E-state index contributed by atoms with van der Waals surface area (Å²) in [6.07, 6.45) is 1.59. The van der Waals surface area contributed by atoms with Gasteiger partial charge in [0, 0.05) is 12.6 Å². The molecule has 0 aliphatic heterocycles. The van der Waals surface area contributed by atoms with Crippen molar-refractivity contribution < 1.29 is 9.13 Å². The Labute approximate surface area is 98.8 Å². The zero-order valence-electron chi connectivity index (χ0n) is 9.56. The molecule has 2 N–H and O–H groups in total. The minimum atomic E-state index is -0.320. The van der Waals surface area contributed by atoms with Crippen molar-refractivity contribution in [3.8, 4) is 5.75 Å². The van der Waals surface area contributed by atoms with Crippen LogP contribution >= 0.6 is 0 Å². The van der Waals surface area contributed by atoms with Crippen molar-refractivity contribution in [2.24, 2.45) is 0 Å². The van der Waals surface area contributed by atoms with Gasteiger partial charge in [0.15, 0.2) is 0 Å². The van der Waals surface area contributed by atoms with Gasteiger partial charge in [0.1, 0.15) is 18.2 Å². The zero-order chi connectivity index (χ0) is 12.3. The second kappa shape index (κ2) is 4.86. The van der Waals surface area contributed by atoms with Gasteiger partial charge in [0.05, 0.1) is 17.6 Å². The molecule has 1 heterocycles. The molecule has 4 nitrogen and oxygen atoms in total. The Morgan fingerprint density at radius 2 is 2.29 bits per heavy atom. The third kappa shape index (κ3) is 2.55. The first kappa shape index (κ1) is 11.4. The Balaban J connectivity index is 2.09. The molecule has 0 spiro atoms. The quantitative estimate of drug-likeness (QED) is 0.883. The monoisotopic (exact) mass is 235 g/mol. The van der Waals surface area contributed by atoms with Crippen LogP contribution in [0.4, 0.5) is 10.1 Å². The van der Waals surface area contributed by atoms with Crippen LogP contribution in [-0.2, 0) is 13.2 Å². The highest BCUT2D eigenvalue weighted by Crippen LogP contribution is 2.17. The average Bonchev–Trinajstić information content (AvgIpc) is 2.67. The molecule has 5 heteroatoms. The Kier molecular flexibility index (Phi) is 3.27. The van der Waals surface area contributed by atoms with Crippen LogP contribution in [0.5, 0.6) is 5.75 Å². The van der Waals surface area contributed by atoms with Gasteiger partial charge in [-0.15, -0.1) is 0 Å². The number of anilines is 1. The first-order valence-electron chi connectivity index (χ1n) is 5.39. The van der Waals surface area contributed by atoms with Gasteiger partial charge in [-0.05, 0) is 19.1 Å². The topological polar surface area (TPSA) is 53.1 Å². The lowest BCUT2D eigenvalue weighted by molar-refractivity contribution is 0.292. The molecule has 0 fully saturated rings. The third-order valence-corrected chi connectivity index (χ3v) is 2.45. The maximum atomic E-state index is 12.9. The number of benzene rings is 1. The largest absolute Gasteiger partial charge is 0.487 e. The van der Waals surface area contributed by atoms with E-state index in [-0.39, 0.29) is 12.4 Å². The van der Waals surface area contributed by atoms with E-state index in [4.69, 9.17) is 10.5 Å². The van der Waals surface area contributed by atoms with E-state index in [0.717, 1.165) is 12.2 Å². The molecule has 17 heavy (non-hydrogen) atoms. The van der Waals surface area contributed by atoms with Crippen molar-refractivity contribution in [2.75, 3.05) is 5.73 Å². The number of ether oxygens (including phenoxy) is 1. The molecule has 90 valence electrons. The Morgan fingerprint density at radius 3 is 3.00 bits per heavy atom. The fraction of sp³-hybridized carbons (Fsp3) is 0.250. The first-order chi connectivity index (χ1) is 8.20. The van der Waals surface area contributed by atoms with Crippen LogP contribution in [0.1, 0.15) is 12.6 Å². The number of nitrogens with two attached hydrogens (primary N) is 1. The molecule has 0 atom stereocenters. The number of aryl methyl sites for hydroxylation is 1. The van der Waals surface area contributed by atoms with E-state index in [1.54, 1.807) is 23.0 Å². The molecule has 0 radical (unpaired) electrons. The van der Waals surface area contributed by atoms with E-state index < -0.39 is 0 Å². The lowest BCUT2D eigenvalue weighted by Crippen LogP contribution is -2.08. The van der Waals surface area contributed by atoms with Gasteiger partial charge in [-0.1, -0.05) is 6.07 Å². The van der Waals surface area contributed by atoms with Crippen LogP contribution in [0, 0.1) is 5.82 Å². The van der Waals surface area contributed by atoms with Crippen LogP contribution in [-0.4, -0.2) is 9.78 Å². The van der Waals surface area contributed by atoms with Crippen molar-refractivity contribution in [3.63, 3.8) is 0 Å². The maximum Gasteiger partial charge on any atom is 0.132 e. The smallest absolute Gasteiger partial charge is 0.132 e. The Bertz CT molecular complexity index is 510. The molecule has 0 unspecified atom stereocenters. The van der Waals surface area contributed by atoms with Crippen molar-refractivity contribution >= 4 is 5.69 Å². The summed E-state index contributed by atoms with van der Waals surface area (Å²) in [5, 5.41) is 4.10. The van der Waals surface area contributed by atoms with Crippen molar-refractivity contribution in [1.29, 1.82) is 0 Å². The number of nitrogens with zero attached hydrogens (tertiary/aromatic N) is 2. The van der Waals surface area contributed by atoms with Crippen LogP contribution < -0.4 is 10.5 Å². The highest BCUT2D eigenvalue weighted by molar-refractivity contribution is 5.40. The summed E-state index contributed by atoms with van der Waals surface area (Å²) in [5.41, 5.74) is 7.16.